The molecule has 0 aliphatic carbocycles. The zero-order valence-electron chi connectivity index (χ0n) is 11.2. The largest absolute Gasteiger partial charge is 0.486 e. The van der Waals surface area contributed by atoms with Gasteiger partial charge in [-0.05, 0) is 24.3 Å². The molecule has 0 unspecified atom stereocenters. The van der Waals surface area contributed by atoms with Crippen molar-refractivity contribution in [3.8, 4) is 11.5 Å². The maximum absolute atomic E-state index is 12.4. The summed E-state index contributed by atoms with van der Waals surface area (Å²) in [5.41, 5.74) is 0.212. The molecule has 8 heteroatoms. The number of fused-ring (bicyclic) bond motifs is 1. The second-order valence-electron chi connectivity index (χ2n) is 4.51. The SMILES string of the molecule is O=S(=O)(Nc1cccc(Cl)c1Cl)c1ccc2c(c1)OCCO2. The number of anilines is 1. The van der Waals surface area contributed by atoms with Crippen LogP contribution in [-0.2, 0) is 10.0 Å². The molecule has 116 valence electrons. The fraction of sp³-hybridized carbons (Fsp3) is 0.143. The van der Waals surface area contributed by atoms with Crippen molar-refractivity contribution in [2.24, 2.45) is 0 Å². The predicted octanol–water partition coefficient (Wildman–Crippen LogP) is 3.57. The smallest absolute Gasteiger partial charge is 0.262 e. The Bertz CT molecular complexity index is 824. The van der Waals surface area contributed by atoms with E-state index in [0.717, 1.165) is 0 Å². The number of halogens is 2. The number of hydrogen-bond donors (Lipinski definition) is 1. The normalized spacial score (nSPS) is 13.7. The van der Waals surface area contributed by atoms with Crippen LogP contribution in [0.3, 0.4) is 0 Å². The van der Waals surface area contributed by atoms with Gasteiger partial charge in [-0.1, -0.05) is 29.3 Å². The topological polar surface area (TPSA) is 64.6 Å². The molecule has 2 aromatic carbocycles. The van der Waals surface area contributed by atoms with Gasteiger partial charge in [0.05, 0.1) is 20.6 Å². The first-order valence-electron chi connectivity index (χ1n) is 6.34. The standard InChI is InChI=1S/C14H11Cl2NO4S/c15-10-2-1-3-11(14(10)16)17-22(18,19)9-4-5-12-13(8-9)21-7-6-20-12/h1-5,8,17H,6-7H2. The van der Waals surface area contributed by atoms with E-state index in [9.17, 15) is 8.42 Å². The number of benzene rings is 2. The van der Waals surface area contributed by atoms with Crippen molar-refractivity contribution in [1.29, 1.82) is 0 Å². The molecule has 0 atom stereocenters. The zero-order valence-corrected chi connectivity index (χ0v) is 13.5. The lowest BCUT2D eigenvalue weighted by atomic mass is 10.3. The van der Waals surface area contributed by atoms with Crippen LogP contribution >= 0.6 is 23.2 Å². The van der Waals surface area contributed by atoms with Crippen LogP contribution < -0.4 is 14.2 Å². The Balaban J connectivity index is 1.94. The molecule has 3 rings (SSSR count). The Kier molecular flexibility index (Phi) is 4.08. The average molecular weight is 360 g/mol. The van der Waals surface area contributed by atoms with Crippen LogP contribution in [0.15, 0.2) is 41.3 Å². The van der Waals surface area contributed by atoms with Crippen LogP contribution in [0.1, 0.15) is 0 Å². The first kappa shape index (κ1) is 15.3. The minimum Gasteiger partial charge on any atom is -0.486 e. The minimum absolute atomic E-state index is 0.0489. The molecule has 2 aromatic rings. The molecule has 0 fully saturated rings. The summed E-state index contributed by atoms with van der Waals surface area (Å²) in [5.74, 6) is 0.914. The van der Waals surface area contributed by atoms with Crippen molar-refractivity contribution in [1.82, 2.24) is 0 Å². The third kappa shape index (κ3) is 2.95. The van der Waals surface area contributed by atoms with Crippen molar-refractivity contribution in [3.63, 3.8) is 0 Å². The Morgan fingerprint density at radius 2 is 1.73 bits per heavy atom. The first-order valence-corrected chi connectivity index (χ1v) is 8.58. The van der Waals surface area contributed by atoms with Crippen LogP contribution in [0.2, 0.25) is 10.0 Å². The number of nitrogens with one attached hydrogen (secondary N) is 1. The molecule has 0 amide bonds. The number of ether oxygens (including phenoxy) is 2. The van der Waals surface area contributed by atoms with Crippen LogP contribution in [0.5, 0.6) is 11.5 Å². The second kappa shape index (κ2) is 5.87. The van der Waals surface area contributed by atoms with Gasteiger partial charge in [0.1, 0.15) is 13.2 Å². The van der Waals surface area contributed by atoms with E-state index in [0.29, 0.717) is 24.7 Å². The van der Waals surface area contributed by atoms with Crippen molar-refractivity contribution in [3.05, 3.63) is 46.4 Å². The van der Waals surface area contributed by atoms with Crippen LogP contribution in [0.25, 0.3) is 0 Å². The van der Waals surface area contributed by atoms with Gasteiger partial charge in [0, 0.05) is 6.07 Å². The molecule has 0 saturated carbocycles. The Hall–Kier alpha value is -1.63. The predicted molar refractivity (Wildman–Crippen MR) is 84.7 cm³/mol. The van der Waals surface area contributed by atoms with Gasteiger partial charge >= 0.3 is 0 Å². The van der Waals surface area contributed by atoms with Gasteiger partial charge in [0.15, 0.2) is 11.5 Å². The lowest BCUT2D eigenvalue weighted by molar-refractivity contribution is 0.171. The molecule has 0 spiro atoms. The molecular weight excluding hydrogens is 349 g/mol. The molecule has 1 aliphatic heterocycles. The third-order valence-corrected chi connectivity index (χ3v) is 5.20. The quantitative estimate of drug-likeness (QED) is 0.909. The van der Waals surface area contributed by atoms with Crippen LogP contribution in [0, 0.1) is 0 Å². The molecule has 0 aromatic heterocycles. The monoisotopic (exact) mass is 359 g/mol. The van der Waals surface area contributed by atoms with Crippen molar-refractivity contribution in [2.75, 3.05) is 17.9 Å². The van der Waals surface area contributed by atoms with Crippen LogP contribution in [0.4, 0.5) is 5.69 Å². The van der Waals surface area contributed by atoms with E-state index in [-0.39, 0.29) is 20.6 Å². The van der Waals surface area contributed by atoms with Gasteiger partial charge in [-0.15, -0.1) is 0 Å². The zero-order chi connectivity index (χ0) is 15.7. The average Bonchev–Trinajstić information content (AvgIpc) is 2.51. The molecular formula is C14H11Cl2NO4S. The summed E-state index contributed by atoms with van der Waals surface area (Å²) >= 11 is 11.9. The van der Waals surface area contributed by atoms with Crippen molar-refractivity contribution in [2.45, 2.75) is 4.90 Å². The highest BCUT2D eigenvalue weighted by Gasteiger charge is 2.20. The second-order valence-corrected chi connectivity index (χ2v) is 6.98. The molecule has 0 bridgehead atoms. The highest BCUT2D eigenvalue weighted by Crippen LogP contribution is 2.34. The fourth-order valence-electron chi connectivity index (χ4n) is 1.98. The summed E-state index contributed by atoms with van der Waals surface area (Å²) in [6, 6.07) is 9.12. The lowest BCUT2D eigenvalue weighted by Gasteiger charge is -2.19. The molecule has 1 heterocycles. The highest BCUT2D eigenvalue weighted by molar-refractivity contribution is 7.92. The molecule has 1 N–H and O–H groups in total. The maximum Gasteiger partial charge on any atom is 0.262 e. The van der Waals surface area contributed by atoms with E-state index in [2.05, 4.69) is 4.72 Å². The summed E-state index contributed by atoms with van der Waals surface area (Å²) in [6.07, 6.45) is 0. The van der Waals surface area contributed by atoms with Crippen LogP contribution in [-0.4, -0.2) is 21.6 Å². The summed E-state index contributed by atoms with van der Waals surface area (Å²) in [4.78, 5) is 0.0489. The number of sulfonamides is 1. The third-order valence-electron chi connectivity index (χ3n) is 3.02. The van der Waals surface area contributed by atoms with E-state index in [4.69, 9.17) is 32.7 Å². The molecule has 0 radical (unpaired) electrons. The fourth-order valence-corrected chi connectivity index (χ4v) is 3.47. The van der Waals surface area contributed by atoms with E-state index < -0.39 is 10.0 Å². The molecule has 5 nitrogen and oxygen atoms in total. The Labute approximate surface area is 137 Å². The first-order chi connectivity index (χ1) is 10.5. The number of rotatable bonds is 3. The summed E-state index contributed by atoms with van der Waals surface area (Å²) in [5, 5.41) is 0.411. The summed E-state index contributed by atoms with van der Waals surface area (Å²) in [7, 11) is -3.81. The number of hydrogen-bond acceptors (Lipinski definition) is 4. The van der Waals surface area contributed by atoms with Crippen molar-refractivity contribution >= 4 is 38.9 Å². The van der Waals surface area contributed by atoms with E-state index in [1.165, 1.54) is 18.2 Å². The van der Waals surface area contributed by atoms with E-state index in [1.54, 1.807) is 18.2 Å². The lowest BCUT2D eigenvalue weighted by Crippen LogP contribution is -2.17. The Morgan fingerprint density at radius 3 is 2.50 bits per heavy atom. The van der Waals surface area contributed by atoms with Gasteiger partial charge in [0.2, 0.25) is 0 Å². The van der Waals surface area contributed by atoms with E-state index in [1.807, 2.05) is 0 Å². The van der Waals surface area contributed by atoms with Crippen molar-refractivity contribution < 1.29 is 17.9 Å². The van der Waals surface area contributed by atoms with Gasteiger partial charge < -0.3 is 9.47 Å². The Morgan fingerprint density at radius 1 is 1.00 bits per heavy atom. The summed E-state index contributed by atoms with van der Waals surface area (Å²) in [6.45, 7) is 0.819. The van der Waals surface area contributed by atoms with Gasteiger partial charge in [-0.25, -0.2) is 8.42 Å². The van der Waals surface area contributed by atoms with E-state index >= 15 is 0 Å². The molecule has 0 saturated heterocycles. The van der Waals surface area contributed by atoms with Gasteiger partial charge in [0.25, 0.3) is 10.0 Å². The molecule has 1 aliphatic rings. The minimum atomic E-state index is -3.81. The summed E-state index contributed by atoms with van der Waals surface area (Å²) < 4.78 is 38.0. The maximum atomic E-state index is 12.4. The highest BCUT2D eigenvalue weighted by atomic mass is 35.5. The molecule has 22 heavy (non-hydrogen) atoms. The van der Waals surface area contributed by atoms with Gasteiger partial charge in [-0.2, -0.15) is 0 Å². The van der Waals surface area contributed by atoms with Gasteiger partial charge in [-0.3, -0.25) is 4.72 Å².